The number of H-pyrrole nitrogens is 1. The first-order valence-corrected chi connectivity index (χ1v) is 8.35. The smallest absolute Gasteiger partial charge is 0.330 e. The molecule has 3 heterocycles. The third-order valence-electron chi connectivity index (χ3n) is 4.94. The van der Waals surface area contributed by atoms with Crippen molar-refractivity contribution in [2.45, 2.75) is 48.7 Å². The minimum absolute atomic E-state index is 0.275. The summed E-state index contributed by atoms with van der Waals surface area (Å²) in [6, 6.07) is 0. The summed E-state index contributed by atoms with van der Waals surface area (Å²) >= 11 is 0. The van der Waals surface area contributed by atoms with Gasteiger partial charge < -0.3 is 39.7 Å². The van der Waals surface area contributed by atoms with Crippen molar-refractivity contribution >= 4 is 0 Å². The van der Waals surface area contributed by atoms with Gasteiger partial charge in [0.15, 0.2) is 6.23 Å². The van der Waals surface area contributed by atoms with Crippen LogP contribution in [0.4, 0.5) is 4.39 Å². The number of nitrogens with one attached hydrogen (secondary N) is 1. The first-order valence-electron chi connectivity index (χ1n) is 8.35. The van der Waals surface area contributed by atoms with Crippen LogP contribution in [0.1, 0.15) is 17.9 Å². The van der Waals surface area contributed by atoms with E-state index in [2.05, 4.69) is 0 Å². The Morgan fingerprint density at radius 2 is 1.89 bits per heavy atom. The van der Waals surface area contributed by atoms with Gasteiger partial charge in [-0.3, -0.25) is 14.3 Å². The lowest BCUT2D eigenvalue weighted by Gasteiger charge is -2.25. The van der Waals surface area contributed by atoms with Gasteiger partial charge in [-0.05, 0) is 0 Å². The topological polar surface area (TPSA) is 184 Å². The monoisotopic (exact) mass is 408 g/mol. The van der Waals surface area contributed by atoms with Crippen molar-refractivity contribution in [2.24, 2.45) is 0 Å². The first-order chi connectivity index (χ1) is 13.2. The Balaban J connectivity index is 2.05. The summed E-state index contributed by atoms with van der Waals surface area (Å²) in [4.78, 5) is 26.3. The number of rotatable bonds is 5. The third-order valence-corrected chi connectivity index (χ3v) is 4.94. The molecule has 6 N–H and O–H groups in total. The molecule has 0 bridgehead atoms. The summed E-state index contributed by atoms with van der Waals surface area (Å²) in [6.07, 6.45) is -9.60. The summed E-state index contributed by atoms with van der Waals surface area (Å²) in [6.45, 7) is -1.41. The van der Waals surface area contributed by atoms with E-state index in [-0.39, 0.29) is 5.56 Å². The van der Waals surface area contributed by atoms with Crippen LogP contribution in [0.25, 0.3) is 0 Å². The second kappa shape index (κ2) is 7.61. The predicted octanol–water partition coefficient (Wildman–Crippen LogP) is -3.75. The van der Waals surface area contributed by atoms with Crippen LogP contribution in [0.2, 0.25) is 0 Å². The summed E-state index contributed by atoms with van der Waals surface area (Å²) in [7, 11) is 1.23. The van der Waals surface area contributed by atoms with Crippen LogP contribution >= 0.6 is 0 Å². The van der Waals surface area contributed by atoms with Crippen molar-refractivity contribution in [3.8, 4) is 0 Å². The summed E-state index contributed by atoms with van der Waals surface area (Å²) in [5.41, 5.74) is -2.37. The summed E-state index contributed by atoms with van der Waals surface area (Å²) in [5, 5.41) is 48.2. The molecule has 158 valence electrons. The fraction of sp³-hybridized carbons (Fsp3) is 0.733. The van der Waals surface area contributed by atoms with Crippen LogP contribution in [-0.4, -0.2) is 91.8 Å². The van der Waals surface area contributed by atoms with E-state index in [9.17, 15) is 34.4 Å². The lowest BCUT2D eigenvalue weighted by Crippen LogP contribution is -2.46. The van der Waals surface area contributed by atoms with Gasteiger partial charge in [-0.25, -0.2) is 9.18 Å². The number of aliphatic hydroxyl groups is 5. The highest BCUT2D eigenvalue weighted by Crippen LogP contribution is 2.39. The molecule has 2 aliphatic rings. The number of aromatic amines is 1. The van der Waals surface area contributed by atoms with Crippen LogP contribution in [0.15, 0.2) is 15.8 Å². The Kier molecular flexibility index (Phi) is 5.71. The molecule has 3 rings (SSSR count). The van der Waals surface area contributed by atoms with Crippen molar-refractivity contribution in [1.82, 2.24) is 9.55 Å². The molecule has 0 aromatic carbocycles. The largest absolute Gasteiger partial charge is 0.394 e. The Morgan fingerprint density at radius 1 is 1.25 bits per heavy atom. The molecule has 8 atom stereocenters. The maximum Gasteiger partial charge on any atom is 0.330 e. The number of hydrogen-bond donors (Lipinski definition) is 6. The molecule has 12 nitrogen and oxygen atoms in total. The molecule has 2 saturated heterocycles. The molecule has 0 aliphatic carbocycles. The minimum atomic E-state index is -3.45. The second-order valence-electron chi connectivity index (χ2n) is 6.60. The van der Waals surface area contributed by atoms with Gasteiger partial charge in [0, 0.05) is 13.3 Å². The first kappa shape index (κ1) is 21.0. The second-order valence-corrected chi connectivity index (χ2v) is 6.60. The van der Waals surface area contributed by atoms with Crippen LogP contribution in [0, 0.1) is 0 Å². The van der Waals surface area contributed by atoms with Crippen LogP contribution in [0.3, 0.4) is 0 Å². The van der Waals surface area contributed by atoms with E-state index in [0.29, 0.717) is 4.57 Å². The number of aromatic nitrogens is 2. The minimum Gasteiger partial charge on any atom is -0.394 e. The number of halogens is 1. The number of nitrogens with zero attached hydrogens (tertiary/aromatic N) is 1. The zero-order chi connectivity index (χ0) is 20.8. The molecule has 2 aliphatic heterocycles. The molecule has 0 amide bonds. The van der Waals surface area contributed by atoms with E-state index in [4.69, 9.17) is 19.3 Å². The molecule has 2 fully saturated rings. The quantitative estimate of drug-likeness (QED) is 0.283. The number of aliphatic hydroxyl groups excluding tert-OH is 4. The van der Waals surface area contributed by atoms with Crippen molar-refractivity contribution in [1.29, 1.82) is 0 Å². The van der Waals surface area contributed by atoms with Crippen molar-refractivity contribution in [3.63, 3.8) is 0 Å². The molecular formula is C15H21FN2O10. The summed E-state index contributed by atoms with van der Waals surface area (Å²) in [5.74, 6) is -3.45. The highest BCUT2D eigenvalue weighted by atomic mass is 19.2. The van der Waals surface area contributed by atoms with Gasteiger partial charge in [-0.2, -0.15) is 0 Å². The fourth-order valence-corrected chi connectivity index (χ4v) is 3.42. The number of ether oxygens (including phenoxy) is 3. The van der Waals surface area contributed by atoms with Crippen LogP contribution in [-0.2, 0) is 14.2 Å². The Labute approximate surface area is 156 Å². The SMILES string of the molecule is CO[C@H]1C(c2cn([C@@H]3O[C@H](CO)[C@@H](O)[C@]3(O)F)c(=O)[nH]c2=O)O[C@@H](CO)[C@@H]1O. The van der Waals surface area contributed by atoms with Crippen molar-refractivity contribution in [2.75, 3.05) is 20.3 Å². The molecule has 13 heteroatoms. The van der Waals surface area contributed by atoms with Crippen LogP contribution < -0.4 is 11.2 Å². The molecular weight excluding hydrogens is 387 g/mol. The van der Waals surface area contributed by atoms with Gasteiger partial charge in [0.2, 0.25) is 0 Å². The van der Waals surface area contributed by atoms with E-state index in [1.54, 1.807) is 0 Å². The lowest BCUT2D eigenvalue weighted by molar-refractivity contribution is -0.197. The van der Waals surface area contributed by atoms with Crippen LogP contribution in [0.5, 0.6) is 0 Å². The average Bonchev–Trinajstić information content (AvgIpc) is 3.09. The molecule has 0 saturated carbocycles. The Morgan fingerprint density at radius 3 is 2.43 bits per heavy atom. The third kappa shape index (κ3) is 3.19. The van der Waals surface area contributed by atoms with Gasteiger partial charge in [-0.15, -0.1) is 0 Å². The predicted molar refractivity (Wildman–Crippen MR) is 85.9 cm³/mol. The van der Waals surface area contributed by atoms with Gasteiger partial charge >= 0.3 is 5.69 Å². The number of hydrogen-bond acceptors (Lipinski definition) is 10. The number of alkyl halides is 1. The van der Waals surface area contributed by atoms with Gasteiger partial charge in [0.1, 0.15) is 36.6 Å². The molecule has 1 aromatic rings. The summed E-state index contributed by atoms with van der Waals surface area (Å²) < 4.78 is 30.6. The average molecular weight is 408 g/mol. The van der Waals surface area contributed by atoms with E-state index in [0.717, 1.165) is 6.20 Å². The Bertz CT molecular complexity index is 826. The van der Waals surface area contributed by atoms with E-state index in [1.807, 2.05) is 4.98 Å². The number of methoxy groups -OCH3 is 1. The maximum absolute atomic E-state index is 14.6. The highest BCUT2D eigenvalue weighted by molar-refractivity contribution is 5.15. The van der Waals surface area contributed by atoms with Crippen molar-refractivity contribution < 1.29 is 44.1 Å². The Hall–Kier alpha value is -1.71. The standard InChI is InChI=1S/C15H21FN2O10/c1-26-10-8(21)6(3-19)27-9(10)5-2-18(14(24)17-12(5)23)13-15(16,25)11(22)7(4-20)28-13/h2,6-11,13,19-22,25H,3-4H2,1H3,(H,17,23,24)/t6-,7+,8-,9?,10+,11+,13+,15+/m0/s1. The fourth-order valence-electron chi connectivity index (χ4n) is 3.42. The van der Waals surface area contributed by atoms with E-state index >= 15 is 0 Å². The highest BCUT2D eigenvalue weighted by Gasteiger charge is 2.58. The van der Waals surface area contributed by atoms with Crippen molar-refractivity contribution in [3.05, 3.63) is 32.6 Å². The van der Waals surface area contributed by atoms with E-state index < -0.39 is 73.2 Å². The molecule has 1 aromatic heterocycles. The van der Waals surface area contributed by atoms with Gasteiger partial charge in [0.25, 0.3) is 11.4 Å². The molecule has 1 unspecified atom stereocenters. The lowest BCUT2D eigenvalue weighted by atomic mass is 10.0. The zero-order valence-electron chi connectivity index (χ0n) is 14.6. The van der Waals surface area contributed by atoms with Gasteiger partial charge in [0.05, 0.1) is 18.8 Å². The zero-order valence-corrected chi connectivity index (χ0v) is 14.6. The molecule has 0 spiro atoms. The van der Waals surface area contributed by atoms with Gasteiger partial charge in [-0.1, -0.05) is 0 Å². The molecule has 0 radical (unpaired) electrons. The van der Waals surface area contributed by atoms with E-state index in [1.165, 1.54) is 7.11 Å². The normalized spacial score (nSPS) is 40.9. The molecule has 28 heavy (non-hydrogen) atoms. The maximum atomic E-state index is 14.6.